The van der Waals surface area contributed by atoms with Gasteiger partial charge in [0, 0.05) is 44.7 Å². The number of sulfonamides is 1. The van der Waals surface area contributed by atoms with E-state index in [2.05, 4.69) is 22.2 Å². The summed E-state index contributed by atoms with van der Waals surface area (Å²) < 4.78 is 27.4. The quantitative estimate of drug-likeness (QED) is 0.698. The third kappa shape index (κ3) is 5.13. The number of nitrogens with zero attached hydrogens (tertiary/aromatic N) is 4. The second-order valence-electron chi connectivity index (χ2n) is 7.90. The van der Waals surface area contributed by atoms with Crippen molar-refractivity contribution in [2.75, 3.05) is 43.0 Å². The van der Waals surface area contributed by atoms with Crippen LogP contribution in [0.5, 0.6) is 0 Å². The number of rotatable bonds is 6. The highest BCUT2D eigenvalue weighted by Crippen LogP contribution is 2.22. The number of likely N-dealkylation sites (N-methyl/N-ethyl adjacent to an activating group) is 1. The average Bonchev–Trinajstić information content (AvgIpc) is 2.85. The Bertz CT molecular complexity index is 1140. The molecule has 0 aliphatic carbocycles. The summed E-state index contributed by atoms with van der Waals surface area (Å²) >= 11 is 0. The van der Waals surface area contributed by atoms with Crippen molar-refractivity contribution in [3.63, 3.8) is 0 Å². The number of carbonyl (C=O) groups is 2. The van der Waals surface area contributed by atoms with Crippen LogP contribution in [0, 0.1) is 0 Å². The number of para-hydroxylation sites is 1. The van der Waals surface area contributed by atoms with Crippen LogP contribution in [0.2, 0.25) is 0 Å². The number of carbonyl (C=O) groups excluding carboxylic acids is 2. The highest BCUT2D eigenvalue weighted by molar-refractivity contribution is 7.89. The van der Waals surface area contributed by atoms with Gasteiger partial charge in [-0.3, -0.25) is 9.59 Å². The third-order valence-electron chi connectivity index (χ3n) is 5.82. The van der Waals surface area contributed by atoms with E-state index in [4.69, 9.17) is 0 Å². The van der Waals surface area contributed by atoms with E-state index in [1.165, 1.54) is 21.4 Å². The van der Waals surface area contributed by atoms with Crippen LogP contribution in [-0.4, -0.2) is 67.9 Å². The zero-order chi connectivity index (χ0) is 23.4. The molecule has 0 bridgehead atoms. The first kappa shape index (κ1) is 23.1. The molecule has 2 heterocycles. The number of anilines is 2. The zero-order valence-corrected chi connectivity index (χ0v) is 19.3. The van der Waals surface area contributed by atoms with E-state index in [1.807, 2.05) is 6.07 Å². The molecule has 33 heavy (non-hydrogen) atoms. The highest BCUT2D eigenvalue weighted by atomic mass is 32.2. The van der Waals surface area contributed by atoms with Gasteiger partial charge in [-0.2, -0.15) is 9.41 Å². The molecule has 4 rings (SSSR count). The number of nitrogens with one attached hydrogen (secondary N) is 1. The lowest BCUT2D eigenvalue weighted by Crippen LogP contribution is -2.48. The fourth-order valence-corrected chi connectivity index (χ4v) is 5.26. The van der Waals surface area contributed by atoms with E-state index >= 15 is 0 Å². The maximum atomic E-state index is 12.9. The monoisotopic (exact) mass is 469 g/mol. The van der Waals surface area contributed by atoms with Gasteiger partial charge in [0.25, 0.3) is 5.91 Å². The molecule has 2 aliphatic rings. The Morgan fingerprint density at radius 2 is 1.64 bits per heavy atom. The Kier molecular flexibility index (Phi) is 6.87. The molecule has 0 radical (unpaired) electrons. The van der Waals surface area contributed by atoms with Gasteiger partial charge in [-0.05, 0) is 42.9 Å². The van der Waals surface area contributed by atoms with Crippen LogP contribution < -0.4 is 10.3 Å². The number of benzene rings is 2. The second-order valence-corrected chi connectivity index (χ2v) is 9.84. The predicted molar refractivity (Wildman–Crippen MR) is 127 cm³/mol. The Morgan fingerprint density at radius 1 is 0.970 bits per heavy atom. The summed E-state index contributed by atoms with van der Waals surface area (Å²) in [5, 5.41) is 8.23. The molecule has 9 nitrogen and oxygen atoms in total. The van der Waals surface area contributed by atoms with Gasteiger partial charge in [0.15, 0.2) is 0 Å². The van der Waals surface area contributed by atoms with Gasteiger partial charge in [-0.25, -0.2) is 13.4 Å². The first-order chi connectivity index (χ1) is 15.9. The molecule has 2 aromatic rings. The Morgan fingerprint density at radius 3 is 2.27 bits per heavy atom. The van der Waals surface area contributed by atoms with Crippen LogP contribution in [0.3, 0.4) is 0 Å². The summed E-state index contributed by atoms with van der Waals surface area (Å²) in [6.45, 7) is 5.33. The Balaban J connectivity index is 1.43. The van der Waals surface area contributed by atoms with Gasteiger partial charge in [0.1, 0.15) is 5.71 Å². The maximum Gasteiger partial charge on any atom is 0.271 e. The summed E-state index contributed by atoms with van der Waals surface area (Å²) in [4.78, 5) is 27.4. The van der Waals surface area contributed by atoms with Crippen LogP contribution in [0.15, 0.2) is 64.6 Å². The number of hydrazone groups is 1. The van der Waals surface area contributed by atoms with Gasteiger partial charge in [-0.1, -0.05) is 25.1 Å². The van der Waals surface area contributed by atoms with E-state index in [9.17, 15) is 18.0 Å². The van der Waals surface area contributed by atoms with Gasteiger partial charge >= 0.3 is 0 Å². The lowest BCUT2D eigenvalue weighted by molar-refractivity contribution is -0.118. The lowest BCUT2D eigenvalue weighted by Gasteiger charge is -2.33. The molecular formula is C23H27N5O4S. The van der Waals surface area contributed by atoms with Crippen LogP contribution in [0.25, 0.3) is 0 Å². The van der Waals surface area contributed by atoms with Crippen molar-refractivity contribution in [1.29, 1.82) is 0 Å². The molecule has 2 amide bonds. The molecule has 0 aromatic heterocycles. The molecule has 0 saturated carbocycles. The van der Waals surface area contributed by atoms with E-state index in [0.717, 1.165) is 6.54 Å². The van der Waals surface area contributed by atoms with Gasteiger partial charge in [0.05, 0.1) is 10.6 Å². The molecule has 0 unspecified atom stereocenters. The maximum absolute atomic E-state index is 12.9. The van der Waals surface area contributed by atoms with Gasteiger partial charge < -0.3 is 10.2 Å². The molecule has 0 spiro atoms. The van der Waals surface area contributed by atoms with Crippen molar-refractivity contribution in [2.24, 2.45) is 5.10 Å². The summed E-state index contributed by atoms with van der Waals surface area (Å²) in [7, 11) is -3.58. The molecule has 1 fully saturated rings. The molecule has 0 atom stereocenters. The number of amides is 2. The van der Waals surface area contributed by atoms with Crippen LogP contribution in [0.1, 0.15) is 19.8 Å². The first-order valence-electron chi connectivity index (χ1n) is 11.0. The topological polar surface area (TPSA) is 102 Å². The van der Waals surface area contributed by atoms with Crippen molar-refractivity contribution < 1.29 is 18.0 Å². The average molecular weight is 470 g/mol. The smallest absolute Gasteiger partial charge is 0.271 e. The Labute approximate surface area is 193 Å². The fourth-order valence-electron chi connectivity index (χ4n) is 3.84. The SMILES string of the molecule is CCN1CCN(S(=O)(=O)c2ccc(NC(=O)C3=NN(c4ccccc4)C(=O)CC3)cc2)CC1. The molecule has 2 aromatic carbocycles. The lowest BCUT2D eigenvalue weighted by atomic mass is 10.1. The van der Waals surface area contributed by atoms with Crippen molar-refractivity contribution in [1.82, 2.24) is 9.21 Å². The molecule has 1 saturated heterocycles. The predicted octanol–water partition coefficient (Wildman–Crippen LogP) is 2.13. The summed E-state index contributed by atoms with van der Waals surface area (Å²) in [5.74, 6) is -0.596. The van der Waals surface area contributed by atoms with Crippen LogP contribution in [-0.2, 0) is 19.6 Å². The van der Waals surface area contributed by atoms with Crippen molar-refractivity contribution >= 4 is 38.9 Å². The van der Waals surface area contributed by atoms with Gasteiger partial charge in [-0.15, -0.1) is 0 Å². The van der Waals surface area contributed by atoms with Crippen LogP contribution >= 0.6 is 0 Å². The normalized spacial score (nSPS) is 18.2. The molecule has 10 heteroatoms. The largest absolute Gasteiger partial charge is 0.321 e. The minimum absolute atomic E-state index is 0.174. The number of hydrogen-bond acceptors (Lipinski definition) is 6. The van der Waals surface area contributed by atoms with Crippen LogP contribution in [0.4, 0.5) is 11.4 Å². The van der Waals surface area contributed by atoms with E-state index < -0.39 is 15.9 Å². The van der Waals surface area contributed by atoms with E-state index in [-0.39, 0.29) is 29.4 Å². The minimum Gasteiger partial charge on any atom is -0.321 e. The molecule has 174 valence electrons. The summed E-state index contributed by atoms with van der Waals surface area (Å²) in [6, 6.07) is 15.1. The van der Waals surface area contributed by atoms with Crippen molar-refractivity contribution in [3.8, 4) is 0 Å². The standard InChI is InChI=1S/C23H27N5O4S/c1-2-26-14-16-27(17-15-26)33(31,32)20-10-8-18(9-11-20)24-23(30)21-12-13-22(29)28(25-21)19-6-4-3-5-7-19/h3-11H,2,12-17H2,1H3,(H,24,30). The fraction of sp³-hybridized carbons (Fsp3) is 0.348. The minimum atomic E-state index is -3.58. The highest BCUT2D eigenvalue weighted by Gasteiger charge is 2.28. The molecular weight excluding hydrogens is 442 g/mol. The second kappa shape index (κ2) is 9.82. The number of hydrogen-bond donors (Lipinski definition) is 1. The summed E-state index contributed by atoms with van der Waals surface area (Å²) in [5.41, 5.74) is 1.30. The van der Waals surface area contributed by atoms with Crippen molar-refractivity contribution in [2.45, 2.75) is 24.7 Å². The Hall–Kier alpha value is -3.08. The molecule has 2 aliphatic heterocycles. The number of piperazine rings is 1. The molecule has 1 N–H and O–H groups in total. The third-order valence-corrected chi connectivity index (χ3v) is 7.74. The van der Waals surface area contributed by atoms with Crippen molar-refractivity contribution in [3.05, 3.63) is 54.6 Å². The van der Waals surface area contributed by atoms with E-state index in [0.29, 0.717) is 37.6 Å². The summed E-state index contributed by atoms with van der Waals surface area (Å²) in [6.07, 6.45) is 0.424. The van der Waals surface area contributed by atoms with Gasteiger partial charge in [0.2, 0.25) is 15.9 Å². The first-order valence-corrected chi connectivity index (χ1v) is 12.4. The van der Waals surface area contributed by atoms with E-state index in [1.54, 1.807) is 36.4 Å². The zero-order valence-electron chi connectivity index (χ0n) is 18.5.